The number of benzene rings is 6. The van der Waals surface area contributed by atoms with Crippen LogP contribution < -0.4 is 50.4 Å². The first-order chi connectivity index (χ1) is 71.8. The Hall–Kier alpha value is -15.9. The number of amides is 5. The van der Waals surface area contributed by atoms with E-state index in [1.165, 1.54) is 62.2 Å². The fourth-order valence-electron chi connectivity index (χ4n) is 15.6. The molecule has 0 radical (unpaired) electrons. The van der Waals surface area contributed by atoms with E-state index < -0.39 is 23.9 Å². The Bertz CT molecular complexity index is 7030. The monoisotopic (exact) mass is 2070 g/mol. The molecule has 0 bridgehead atoms. The minimum Gasteiger partial charge on any atom is -0.497 e. The molecule has 0 unspecified atom stereocenters. The number of aromatic nitrogens is 6. The predicted octanol–water partition coefficient (Wildman–Crippen LogP) is 21.3. The highest BCUT2D eigenvalue weighted by molar-refractivity contribution is 7.16. The summed E-state index contributed by atoms with van der Waals surface area (Å²) in [5, 5.41) is 29.0. The SMILES string of the molecule is CCOC(=O)c1c(-c2ccncc2)csc1NC(=O)Cc1ccc(OC)c(OC)c1.CCOC(=O)c1c(-c2ccncc2)csc1NC(=O)Cc1ccc(OC)cc1.CCOC(=O)c1c(-c2ccncc2)csc1NC(=O)Cc1cccc(OC)c1.CCOC(=O)c1c(-c2ccncc2)csc1NC(=O)Cc1cccc2ccccc12.O=C(CCc1ccccc1)N(CCCN1CCNCC1)c1nc(-c2ccncc2)cs1. The lowest BCUT2D eigenvalue weighted by molar-refractivity contribution is -0.119. The number of piperazine rings is 1. The standard InChI is InChI=1S/C24H29N5OS.C24H20N2O3S.C22H22N2O5S.2C21H20N2O4S/c30-23(8-7-20-5-2-1-3-6-20)29(16-4-15-28-17-13-26-14-18-28)24-27-22(19-31-24)21-9-11-25-12-10-21;1-2-29-24(28)22-20(17-10-12-25-13-11-17)15-30-23(22)26-21(27)14-18-8-5-7-16-6-3-4-9-19(16)18;1-4-29-22(26)20-16(15-7-9-23-10-8-15)13-30-21(20)24-19(25)12-14-5-6-17(27-2)18(11-14)28-3;1-3-27-21(25)19-17(15-8-10-22-11-9-15)13-28-20(19)23-18(24)12-14-4-6-16(26-2)7-5-14;1-3-27-21(25)19-17(15-7-9-22-10-8-15)13-28-20(19)23-18(24)12-14-5-4-6-16(11-14)26-2/h1-3,5-6,9-12,19,26H,4,7-8,13-18H2;3-13,15H,2,14H2,1H3,(H,26,27);5-11,13H,4,12H2,1-3H3,(H,24,25);2*4-11,13H,3,12H2,1-2H3,(H,23,24). The summed E-state index contributed by atoms with van der Waals surface area (Å²) >= 11 is 6.72. The Morgan fingerprint density at radius 1 is 0.374 bits per heavy atom. The number of pyridine rings is 5. The van der Waals surface area contributed by atoms with Crippen LogP contribution in [0.15, 0.2) is 289 Å². The highest BCUT2D eigenvalue weighted by atomic mass is 32.1. The van der Waals surface area contributed by atoms with E-state index in [0.29, 0.717) is 89.2 Å². The average Bonchev–Trinajstić information content (AvgIpc) is 1.77. The van der Waals surface area contributed by atoms with E-state index in [9.17, 15) is 43.2 Å². The fraction of sp³-hybridized carbons (Fsp3) is 0.223. The van der Waals surface area contributed by atoms with Gasteiger partial charge in [0.25, 0.3) is 0 Å². The van der Waals surface area contributed by atoms with Gasteiger partial charge >= 0.3 is 23.9 Å². The second kappa shape index (κ2) is 56.4. The Morgan fingerprint density at radius 3 is 1.21 bits per heavy atom. The van der Waals surface area contributed by atoms with Crippen LogP contribution in [0, 0.1) is 0 Å². The topological polar surface area (TPSA) is 371 Å². The van der Waals surface area contributed by atoms with Crippen molar-refractivity contribution in [2.24, 2.45) is 0 Å². The van der Waals surface area contributed by atoms with E-state index in [1.807, 2.05) is 177 Å². The van der Waals surface area contributed by atoms with E-state index in [0.717, 1.165) is 129 Å². The molecule has 0 saturated carbocycles. The third-order valence-electron chi connectivity index (χ3n) is 22.7. The number of carbonyl (C=O) groups excluding carboxylic acids is 9. The first kappa shape index (κ1) is 108. The molecule has 1 aliphatic heterocycles. The van der Waals surface area contributed by atoms with Gasteiger partial charge in [-0.3, -0.25) is 53.8 Å². The van der Waals surface area contributed by atoms with Crippen LogP contribution in [-0.4, -0.2) is 182 Å². The van der Waals surface area contributed by atoms with Crippen molar-refractivity contribution in [3.8, 4) is 78.8 Å². The van der Waals surface area contributed by atoms with Crippen LogP contribution in [0.5, 0.6) is 23.0 Å². The molecule has 1 fully saturated rings. The molecule has 1 aliphatic rings. The summed E-state index contributed by atoms with van der Waals surface area (Å²) in [6, 6.07) is 62.4. The van der Waals surface area contributed by atoms with Crippen LogP contribution in [-0.2, 0) is 75.0 Å². The zero-order valence-electron chi connectivity index (χ0n) is 82.3. The third-order valence-corrected chi connectivity index (χ3v) is 27.1. The molecule has 11 heterocycles. The molecule has 0 spiro atoms. The molecular weight excluding hydrogens is 1960 g/mol. The zero-order valence-corrected chi connectivity index (χ0v) is 86.4. The van der Waals surface area contributed by atoms with Crippen molar-refractivity contribution in [3.63, 3.8) is 0 Å². The summed E-state index contributed by atoms with van der Waals surface area (Å²) in [5.74, 6) is -0.0303. The highest BCUT2D eigenvalue weighted by Crippen LogP contribution is 2.42. The number of rotatable bonds is 37. The van der Waals surface area contributed by atoms with Crippen LogP contribution in [0.25, 0.3) is 66.5 Å². The van der Waals surface area contributed by atoms with Gasteiger partial charge in [0.2, 0.25) is 29.5 Å². The molecule has 6 aromatic carbocycles. The first-order valence-corrected chi connectivity index (χ1v) is 51.7. The number of fused-ring (bicyclic) bond motifs is 1. The van der Waals surface area contributed by atoms with Gasteiger partial charge in [-0.15, -0.1) is 56.7 Å². The quantitative estimate of drug-likeness (QED) is 0.0178. The maximum Gasteiger partial charge on any atom is 0.341 e. The molecule has 16 aromatic rings. The molecule has 0 aliphatic carbocycles. The molecule has 0 atom stereocenters. The maximum absolute atomic E-state index is 13.2. The van der Waals surface area contributed by atoms with Crippen molar-refractivity contribution < 1.29 is 81.0 Å². The van der Waals surface area contributed by atoms with Crippen molar-refractivity contribution in [3.05, 3.63) is 339 Å². The number of thiazole rings is 1. The van der Waals surface area contributed by atoms with E-state index in [-0.39, 0.29) is 81.6 Å². The Balaban J connectivity index is 0.000000154. The summed E-state index contributed by atoms with van der Waals surface area (Å²) in [7, 11) is 6.27. The van der Waals surface area contributed by atoms with Crippen molar-refractivity contribution in [1.29, 1.82) is 0 Å². The summed E-state index contributed by atoms with van der Waals surface area (Å²) < 4.78 is 41.7. The molecule has 5 amide bonds. The number of ether oxygens (including phenoxy) is 8. The third kappa shape index (κ3) is 31.1. The van der Waals surface area contributed by atoms with E-state index in [1.54, 1.807) is 161 Å². The predicted molar refractivity (Wildman–Crippen MR) is 579 cm³/mol. The first-order valence-electron chi connectivity index (χ1n) is 47.3. The van der Waals surface area contributed by atoms with E-state index in [2.05, 4.69) is 68.5 Å². The van der Waals surface area contributed by atoms with Crippen LogP contribution in [0.1, 0.15) is 110 Å². The highest BCUT2D eigenvalue weighted by Gasteiger charge is 2.30. The van der Waals surface area contributed by atoms with Crippen molar-refractivity contribution in [2.45, 2.75) is 72.6 Å². The molecule has 17 rings (SSSR count). The summed E-state index contributed by atoms with van der Waals surface area (Å²) in [4.78, 5) is 143. The Labute approximate surface area is 871 Å². The minimum absolute atomic E-state index is 0.116. The van der Waals surface area contributed by atoms with Gasteiger partial charge in [0.15, 0.2) is 16.6 Å². The second-order valence-corrected chi connectivity index (χ2v) is 36.7. The fourth-order valence-corrected chi connectivity index (χ4v) is 20.3. The van der Waals surface area contributed by atoms with Gasteiger partial charge < -0.3 is 69.4 Å². The van der Waals surface area contributed by atoms with Gasteiger partial charge in [0.05, 0.1) is 86.2 Å². The van der Waals surface area contributed by atoms with Crippen molar-refractivity contribution in [1.82, 2.24) is 40.1 Å². The van der Waals surface area contributed by atoms with Gasteiger partial charge in [-0.2, -0.15) is 0 Å². The maximum atomic E-state index is 13.2. The number of nitrogens with one attached hydrogen (secondary N) is 5. The normalized spacial score (nSPS) is 11.3. The zero-order chi connectivity index (χ0) is 104. The average molecular weight is 2070 g/mol. The molecule has 5 N–H and O–H groups in total. The number of hydrogen-bond donors (Lipinski definition) is 5. The number of anilines is 5. The number of thiophene rings is 4. The van der Waals surface area contributed by atoms with E-state index in [4.69, 9.17) is 42.9 Å². The van der Waals surface area contributed by atoms with Crippen LogP contribution in [0.4, 0.5) is 25.1 Å². The number of nitrogens with zero attached hydrogens (tertiary/aromatic N) is 8. The molecule has 30 nitrogen and oxygen atoms in total. The lowest BCUT2D eigenvalue weighted by Gasteiger charge is -2.28. The van der Waals surface area contributed by atoms with Gasteiger partial charge in [-0.1, -0.05) is 103 Å². The van der Waals surface area contributed by atoms with Gasteiger partial charge in [-0.25, -0.2) is 24.2 Å². The van der Waals surface area contributed by atoms with Gasteiger partial charge in [0.1, 0.15) is 53.8 Å². The number of aryl methyl sites for hydroxylation is 1. The molecular formula is C112H111N13O17S5. The van der Waals surface area contributed by atoms with Crippen LogP contribution >= 0.6 is 56.7 Å². The molecule has 756 valence electrons. The van der Waals surface area contributed by atoms with Gasteiger partial charge in [0, 0.05) is 156 Å². The summed E-state index contributed by atoms with van der Waals surface area (Å²) in [5.41, 5.74) is 14.1. The second-order valence-electron chi connectivity index (χ2n) is 32.4. The van der Waals surface area contributed by atoms with Crippen LogP contribution in [0.3, 0.4) is 0 Å². The molecule has 35 heteroatoms. The molecule has 10 aromatic heterocycles. The van der Waals surface area contributed by atoms with Crippen LogP contribution in [0.2, 0.25) is 0 Å². The largest absolute Gasteiger partial charge is 0.497 e. The van der Waals surface area contributed by atoms with Gasteiger partial charge in [-0.05, 0) is 205 Å². The van der Waals surface area contributed by atoms with Crippen molar-refractivity contribution in [2.75, 3.05) is 120 Å². The Morgan fingerprint density at radius 2 is 0.769 bits per heavy atom. The molecule has 147 heavy (non-hydrogen) atoms. The lowest BCUT2D eigenvalue weighted by Crippen LogP contribution is -2.44. The molecule has 1 saturated heterocycles. The number of hydrogen-bond acceptors (Lipinski definition) is 30. The van der Waals surface area contributed by atoms with E-state index >= 15 is 0 Å². The smallest absolute Gasteiger partial charge is 0.341 e. The summed E-state index contributed by atoms with van der Waals surface area (Å²) in [6.45, 7) is 13.9. The number of esters is 4. The van der Waals surface area contributed by atoms with Crippen molar-refractivity contribution >= 4 is 146 Å². The minimum atomic E-state index is -0.480. The number of methoxy groups -OCH3 is 4. The lowest BCUT2D eigenvalue weighted by atomic mass is 10.0. The number of carbonyl (C=O) groups is 9. The summed E-state index contributed by atoms with van der Waals surface area (Å²) in [6.07, 6.45) is 19.7. The Kier molecular flexibility index (Phi) is 41.6.